The maximum atomic E-state index is 4.37. The number of aryl methyl sites for hydroxylation is 1. The SMILES string of the molecule is CN(CCn1cccn1)C[C@@H]1CCCN(C)[C@H]1c1ccnn1C. The first-order valence-corrected chi connectivity index (χ1v) is 8.49. The zero-order valence-electron chi connectivity index (χ0n) is 14.5. The molecule has 0 radical (unpaired) electrons. The zero-order valence-corrected chi connectivity index (χ0v) is 14.5. The summed E-state index contributed by atoms with van der Waals surface area (Å²) in [5, 5.41) is 8.66. The van der Waals surface area contributed by atoms with Crippen molar-refractivity contribution < 1.29 is 0 Å². The van der Waals surface area contributed by atoms with Crippen molar-refractivity contribution >= 4 is 0 Å². The highest BCUT2D eigenvalue weighted by atomic mass is 15.3. The maximum Gasteiger partial charge on any atom is 0.0555 e. The minimum absolute atomic E-state index is 0.461. The van der Waals surface area contributed by atoms with Crippen molar-refractivity contribution in [1.82, 2.24) is 29.4 Å². The van der Waals surface area contributed by atoms with E-state index in [0.29, 0.717) is 12.0 Å². The second-order valence-corrected chi connectivity index (χ2v) is 6.74. The summed E-state index contributed by atoms with van der Waals surface area (Å²) in [6.45, 7) is 4.26. The largest absolute Gasteiger partial charge is 0.304 e. The normalized spacial score (nSPS) is 22.8. The van der Waals surface area contributed by atoms with Crippen LogP contribution in [0, 0.1) is 5.92 Å². The highest BCUT2D eigenvalue weighted by Crippen LogP contribution is 2.35. The van der Waals surface area contributed by atoms with E-state index in [-0.39, 0.29) is 0 Å². The highest BCUT2D eigenvalue weighted by Gasteiger charge is 2.32. The van der Waals surface area contributed by atoms with Gasteiger partial charge in [0.15, 0.2) is 0 Å². The van der Waals surface area contributed by atoms with Crippen molar-refractivity contribution in [2.45, 2.75) is 25.4 Å². The smallest absolute Gasteiger partial charge is 0.0555 e. The van der Waals surface area contributed by atoms with Crippen LogP contribution in [0.2, 0.25) is 0 Å². The second kappa shape index (κ2) is 7.27. The molecule has 1 fully saturated rings. The molecule has 1 saturated heterocycles. The molecule has 3 rings (SSSR count). The fourth-order valence-corrected chi connectivity index (χ4v) is 3.79. The number of nitrogens with zero attached hydrogens (tertiary/aromatic N) is 6. The molecule has 23 heavy (non-hydrogen) atoms. The number of rotatable bonds is 6. The van der Waals surface area contributed by atoms with E-state index in [1.807, 2.05) is 34.0 Å². The Hall–Kier alpha value is -1.66. The Kier molecular flexibility index (Phi) is 5.13. The van der Waals surface area contributed by atoms with Crippen molar-refractivity contribution in [1.29, 1.82) is 0 Å². The van der Waals surface area contributed by atoms with Gasteiger partial charge in [0.1, 0.15) is 0 Å². The van der Waals surface area contributed by atoms with Gasteiger partial charge < -0.3 is 4.90 Å². The first kappa shape index (κ1) is 16.2. The van der Waals surface area contributed by atoms with E-state index in [0.717, 1.165) is 19.6 Å². The Morgan fingerprint density at radius 1 is 1.26 bits per heavy atom. The molecule has 6 nitrogen and oxygen atoms in total. The summed E-state index contributed by atoms with van der Waals surface area (Å²) in [4.78, 5) is 4.93. The molecule has 3 heterocycles. The van der Waals surface area contributed by atoms with E-state index < -0.39 is 0 Å². The summed E-state index contributed by atoms with van der Waals surface area (Å²) in [5.41, 5.74) is 1.33. The van der Waals surface area contributed by atoms with Crippen molar-refractivity contribution in [2.24, 2.45) is 13.0 Å². The number of likely N-dealkylation sites (tertiary alicyclic amines) is 1. The van der Waals surface area contributed by atoms with E-state index in [9.17, 15) is 0 Å². The molecular formula is C17H28N6. The summed E-state index contributed by atoms with van der Waals surface area (Å²) in [7, 11) is 6.52. The van der Waals surface area contributed by atoms with Gasteiger partial charge in [0.2, 0.25) is 0 Å². The monoisotopic (exact) mass is 316 g/mol. The Morgan fingerprint density at radius 3 is 2.83 bits per heavy atom. The fraction of sp³-hybridized carbons (Fsp3) is 0.647. The van der Waals surface area contributed by atoms with E-state index in [2.05, 4.69) is 47.2 Å². The van der Waals surface area contributed by atoms with Gasteiger partial charge in [-0.25, -0.2) is 0 Å². The number of aromatic nitrogens is 4. The molecule has 2 atom stereocenters. The van der Waals surface area contributed by atoms with E-state index >= 15 is 0 Å². The zero-order chi connectivity index (χ0) is 16.2. The maximum absolute atomic E-state index is 4.37. The topological polar surface area (TPSA) is 42.1 Å². The van der Waals surface area contributed by atoms with Crippen LogP contribution in [0.3, 0.4) is 0 Å². The summed E-state index contributed by atoms with van der Waals surface area (Å²) in [5.74, 6) is 0.645. The van der Waals surface area contributed by atoms with Crippen molar-refractivity contribution in [3.63, 3.8) is 0 Å². The van der Waals surface area contributed by atoms with Crippen LogP contribution in [0.5, 0.6) is 0 Å². The Bertz CT molecular complexity index is 590. The minimum atomic E-state index is 0.461. The lowest BCUT2D eigenvalue weighted by Crippen LogP contribution is -2.42. The van der Waals surface area contributed by atoms with Crippen LogP contribution in [0.15, 0.2) is 30.7 Å². The molecule has 0 aliphatic carbocycles. The molecule has 0 N–H and O–H groups in total. The minimum Gasteiger partial charge on any atom is -0.304 e. The van der Waals surface area contributed by atoms with Gasteiger partial charge in [0.25, 0.3) is 0 Å². The lowest BCUT2D eigenvalue weighted by Gasteiger charge is -2.40. The predicted molar refractivity (Wildman–Crippen MR) is 91.0 cm³/mol. The average molecular weight is 316 g/mol. The van der Waals surface area contributed by atoms with Crippen LogP contribution >= 0.6 is 0 Å². The van der Waals surface area contributed by atoms with Crippen molar-refractivity contribution in [2.75, 3.05) is 33.7 Å². The summed E-state index contributed by atoms with van der Waals surface area (Å²) in [6.07, 6.45) is 8.35. The quantitative estimate of drug-likeness (QED) is 0.812. The molecule has 1 aliphatic heterocycles. The predicted octanol–water partition coefficient (Wildman–Crippen LogP) is 1.63. The standard InChI is InChI=1S/C17H28N6/c1-20(12-13-23-11-5-8-19-23)14-15-6-4-10-21(2)17(15)16-7-9-18-22(16)3/h5,7-9,11,15,17H,4,6,10,12-14H2,1-3H3/t15-,17+/m0/s1. The molecule has 0 aromatic carbocycles. The third-order valence-corrected chi connectivity index (χ3v) is 4.99. The Balaban J connectivity index is 1.63. The van der Waals surface area contributed by atoms with Gasteiger partial charge in [-0.3, -0.25) is 14.3 Å². The van der Waals surface area contributed by atoms with Gasteiger partial charge in [-0.05, 0) is 51.5 Å². The molecule has 0 saturated carbocycles. The van der Waals surface area contributed by atoms with E-state index in [4.69, 9.17) is 0 Å². The van der Waals surface area contributed by atoms with Crippen LogP contribution in [0.4, 0.5) is 0 Å². The average Bonchev–Trinajstić information content (AvgIpc) is 3.17. The number of hydrogen-bond donors (Lipinski definition) is 0. The van der Waals surface area contributed by atoms with Crippen LogP contribution in [0.25, 0.3) is 0 Å². The lowest BCUT2D eigenvalue weighted by atomic mass is 9.87. The number of piperidine rings is 1. The van der Waals surface area contributed by atoms with Crippen LogP contribution in [0.1, 0.15) is 24.6 Å². The van der Waals surface area contributed by atoms with E-state index in [1.54, 1.807) is 0 Å². The first-order valence-electron chi connectivity index (χ1n) is 8.49. The summed E-state index contributed by atoms with van der Waals surface area (Å²) < 4.78 is 4.03. The summed E-state index contributed by atoms with van der Waals surface area (Å²) >= 11 is 0. The van der Waals surface area contributed by atoms with Crippen LogP contribution in [-0.4, -0.2) is 63.1 Å². The molecule has 0 spiro atoms. The third kappa shape index (κ3) is 3.82. The molecule has 126 valence electrons. The number of likely N-dealkylation sites (N-methyl/N-ethyl adjacent to an activating group) is 1. The van der Waals surface area contributed by atoms with Gasteiger partial charge in [-0.1, -0.05) is 0 Å². The fourth-order valence-electron chi connectivity index (χ4n) is 3.79. The lowest BCUT2D eigenvalue weighted by molar-refractivity contribution is 0.0879. The van der Waals surface area contributed by atoms with Crippen molar-refractivity contribution in [3.8, 4) is 0 Å². The number of hydrogen-bond acceptors (Lipinski definition) is 4. The van der Waals surface area contributed by atoms with Gasteiger partial charge in [0.05, 0.1) is 18.3 Å². The first-order chi connectivity index (χ1) is 11.1. The van der Waals surface area contributed by atoms with Crippen LogP contribution in [-0.2, 0) is 13.6 Å². The molecule has 6 heteroatoms. The molecular weight excluding hydrogens is 288 g/mol. The molecule has 0 amide bonds. The van der Waals surface area contributed by atoms with Crippen LogP contribution < -0.4 is 0 Å². The Labute approximate surface area is 138 Å². The summed E-state index contributed by atoms with van der Waals surface area (Å²) in [6, 6.07) is 4.61. The second-order valence-electron chi connectivity index (χ2n) is 6.74. The third-order valence-electron chi connectivity index (χ3n) is 4.99. The van der Waals surface area contributed by atoms with E-state index in [1.165, 1.54) is 25.1 Å². The molecule has 0 bridgehead atoms. The van der Waals surface area contributed by atoms with Gasteiger partial charge in [0, 0.05) is 38.7 Å². The molecule has 2 aromatic rings. The highest BCUT2D eigenvalue weighted by molar-refractivity contribution is 5.10. The van der Waals surface area contributed by atoms with Gasteiger partial charge in [-0.15, -0.1) is 0 Å². The Morgan fingerprint density at radius 2 is 2.13 bits per heavy atom. The molecule has 0 unspecified atom stereocenters. The van der Waals surface area contributed by atoms with Gasteiger partial charge in [-0.2, -0.15) is 10.2 Å². The molecule has 1 aliphatic rings. The van der Waals surface area contributed by atoms with Crippen molar-refractivity contribution in [3.05, 3.63) is 36.4 Å². The molecule has 2 aromatic heterocycles. The van der Waals surface area contributed by atoms with Gasteiger partial charge >= 0.3 is 0 Å².